The molecule has 0 atom stereocenters. The van der Waals surface area contributed by atoms with E-state index in [1.54, 1.807) is 18.3 Å². The summed E-state index contributed by atoms with van der Waals surface area (Å²) in [6, 6.07) is 3.28. The zero-order valence-corrected chi connectivity index (χ0v) is 6.99. The average Bonchev–Trinajstić information content (AvgIpc) is 2.19. The van der Waals surface area contributed by atoms with Crippen molar-refractivity contribution in [2.45, 2.75) is 0 Å². The molecule has 3 nitrogen and oxygen atoms in total. The third kappa shape index (κ3) is 1.20. The Morgan fingerprint density at radius 2 is 2.23 bits per heavy atom. The van der Waals surface area contributed by atoms with E-state index in [1.165, 1.54) is 13.4 Å². The molecule has 1 heterocycles. The van der Waals surface area contributed by atoms with Crippen molar-refractivity contribution in [3.05, 3.63) is 30.5 Å². The number of halogens is 1. The minimum absolute atomic E-state index is 0.200. The molecule has 0 unspecified atom stereocenters. The van der Waals surface area contributed by atoms with Gasteiger partial charge < -0.3 is 4.74 Å². The smallest absolute Gasteiger partial charge is 0.191 e. The van der Waals surface area contributed by atoms with Crippen LogP contribution in [0, 0.1) is 5.82 Å². The largest absolute Gasteiger partial charge is 0.494 e. The SMILES string of the molecule is COc1ccc2cncnc2c1F. The highest BCUT2D eigenvalue weighted by atomic mass is 19.1. The van der Waals surface area contributed by atoms with E-state index < -0.39 is 5.82 Å². The van der Waals surface area contributed by atoms with Gasteiger partial charge in [-0.3, -0.25) is 0 Å². The van der Waals surface area contributed by atoms with E-state index in [0.29, 0.717) is 5.39 Å². The zero-order valence-electron chi connectivity index (χ0n) is 6.99. The summed E-state index contributed by atoms with van der Waals surface area (Å²) in [5.41, 5.74) is 0.286. The fourth-order valence-electron chi connectivity index (χ4n) is 1.16. The van der Waals surface area contributed by atoms with Crippen molar-refractivity contribution in [1.29, 1.82) is 0 Å². The fourth-order valence-corrected chi connectivity index (χ4v) is 1.16. The van der Waals surface area contributed by atoms with Crippen LogP contribution >= 0.6 is 0 Å². The van der Waals surface area contributed by atoms with Crippen molar-refractivity contribution in [2.24, 2.45) is 0 Å². The standard InChI is InChI=1S/C9H7FN2O/c1-13-7-3-2-6-4-11-5-12-9(6)8(7)10/h2-5H,1H3. The molecule has 0 aliphatic heterocycles. The first kappa shape index (κ1) is 7.91. The van der Waals surface area contributed by atoms with Gasteiger partial charge in [0.2, 0.25) is 0 Å². The minimum Gasteiger partial charge on any atom is -0.494 e. The summed E-state index contributed by atoms with van der Waals surface area (Å²) < 4.78 is 18.3. The molecule has 13 heavy (non-hydrogen) atoms. The van der Waals surface area contributed by atoms with Crippen LogP contribution in [0.25, 0.3) is 10.9 Å². The van der Waals surface area contributed by atoms with Gasteiger partial charge in [0.15, 0.2) is 11.6 Å². The first-order valence-corrected chi connectivity index (χ1v) is 3.75. The molecule has 0 radical (unpaired) electrons. The first-order valence-electron chi connectivity index (χ1n) is 3.75. The average molecular weight is 178 g/mol. The molecule has 0 bridgehead atoms. The number of rotatable bonds is 1. The van der Waals surface area contributed by atoms with E-state index in [9.17, 15) is 4.39 Å². The third-order valence-corrected chi connectivity index (χ3v) is 1.80. The van der Waals surface area contributed by atoms with Crippen molar-refractivity contribution >= 4 is 10.9 Å². The molecule has 0 saturated carbocycles. The lowest BCUT2D eigenvalue weighted by atomic mass is 10.2. The van der Waals surface area contributed by atoms with E-state index in [2.05, 4.69) is 9.97 Å². The highest BCUT2D eigenvalue weighted by Gasteiger charge is 2.07. The van der Waals surface area contributed by atoms with Gasteiger partial charge in [-0.1, -0.05) is 0 Å². The lowest BCUT2D eigenvalue weighted by Crippen LogP contribution is -1.91. The molecule has 1 aromatic carbocycles. The summed E-state index contributed by atoms with van der Waals surface area (Å²) in [5, 5.41) is 0.667. The number of hydrogen-bond donors (Lipinski definition) is 0. The van der Waals surface area contributed by atoms with Crippen molar-refractivity contribution in [3.8, 4) is 5.75 Å². The maximum Gasteiger partial charge on any atom is 0.191 e. The summed E-state index contributed by atoms with van der Waals surface area (Å²) in [6.07, 6.45) is 2.87. The molecule has 1 aromatic heterocycles. The molecule has 0 aliphatic carbocycles. The Hall–Kier alpha value is -1.71. The monoisotopic (exact) mass is 178 g/mol. The Morgan fingerprint density at radius 3 is 3.00 bits per heavy atom. The number of fused-ring (bicyclic) bond motifs is 1. The van der Waals surface area contributed by atoms with Crippen LogP contribution in [0.4, 0.5) is 4.39 Å². The fraction of sp³-hybridized carbons (Fsp3) is 0.111. The second-order valence-corrected chi connectivity index (χ2v) is 2.54. The maximum absolute atomic E-state index is 13.5. The van der Waals surface area contributed by atoms with Crippen LogP contribution in [0.1, 0.15) is 0 Å². The van der Waals surface area contributed by atoms with Gasteiger partial charge in [-0.2, -0.15) is 0 Å². The maximum atomic E-state index is 13.5. The first-order chi connectivity index (χ1) is 6.33. The van der Waals surface area contributed by atoms with Crippen LogP contribution in [-0.2, 0) is 0 Å². The molecule has 4 heteroatoms. The molecule has 0 saturated heterocycles. The van der Waals surface area contributed by atoms with Gasteiger partial charge in [0.25, 0.3) is 0 Å². The van der Waals surface area contributed by atoms with E-state index in [4.69, 9.17) is 4.74 Å². The number of hydrogen-bond acceptors (Lipinski definition) is 3. The topological polar surface area (TPSA) is 35.0 Å². The Labute approximate surface area is 74.2 Å². The van der Waals surface area contributed by atoms with Crippen molar-refractivity contribution in [2.75, 3.05) is 7.11 Å². The van der Waals surface area contributed by atoms with Crippen molar-refractivity contribution in [3.63, 3.8) is 0 Å². The molecule has 2 rings (SSSR count). The summed E-state index contributed by atoms with van der Waals surface area (Å²) >= 11 is 0. The highest BCUT2D eigenvalue weighted by Crippen LogP contribution is 2.23. The number of nitrogens with zero attached hydrogens (tertiary/aromatic N) is 2. The lowest BCUT2D eigenvalue weighted by molar-refractivity contribution is 0.388. The van der Waals surface area contributed by atoms with Gasteiger partial charge in [0.1, 0.15) is 11.8 Å². The van der Waals surface area contributed by atoms with Gasteiger partial charge >= 0.3 is 0 Å². The van der Waals surface area contributed by atoms with Crippen LogP contribution < -0.4 is 4.74 Å². The van der Waals surface area contributed by atoms with Gasteiger partial charge in [-0.05, 0) is 12.1 Å². The Balaban J connectivity index is 2.79. The molecular formula is C9H7FN2O. The second kappa shape index (κ2) is 2.97. The number of aromatic nitrogens is 2. The molecule has 66 valence electrons. The summed E-state index contributed by atoms with van der Waals surface area (Å²) in [7, 11) is 1.42. The lowest BCUT2D eigenvalue weighted by Gasteiger charge is -2.02. The summed E-state index contributed by atoms with van der Waals surface area (Å²) in [6.45, 7) is 0. The van der Waals surface area contributed by atoms with Crippen molar-refractivity contribution < 1.29 is 9.13 Å². The van der Waals surface area contributed by atoms with Crippen molar-refractivity contribution in [1.82, 2.24) is 9.97 Å². The highest BCUT2D eigenvalue weighted by molar-refractivity contribution is 5.79. The predicted molar refractivity (Wildman–Crippen MR) is 46.0 cm³/mol. The van der Waals surface area contributed by atoms with Crippen LogP contribution in [0.3, 0.4) is 0 Å². The van der Waals surface area contributed by atoms with Crippen LogP contribution in [-0.4, -0.2) is 17.1 Å². The van der Waals surface area contributed by atoms with Crippen LogP contribution in [0.2, 0.25) is 0 Å². The summed E-state index contributed by atoms with van der Waals surface area (Å²) in [4.78, 5) is 7.61. The third-order valence-electron chi connectivity index (χ3n) is 1.80. The molecular weight excluding hydrogens is 171 g/mol. The number of benzene rings is 1. The van der Waals surface area contributed by atoms with Gasteiger partial charge in [-0.25, -0.2) is 14.4 Å². The number of methoxy groups -OCH3 is 1. The molecule has 2 aromatic rings. The Bertz CT molecular complexity index is 445. The second-order valence-electron chi connectivity index (χ2n) is 2.54. The quantitative estimate of drug-likeness (QED) is 0.667. The van der Waals surface area contributed by atoms with Gasteiger partial charge in [-0.15, -0.1) is 0 Å². The molecule has 0 spiro atoms. The zero-order chi connectivity index (χ0) is 9.26. The van der Waals surface area contributed by atoms with E-state index in [1.807, 2.05) is 0 Å². The normalized spacial score (nSPS) is 10.3. The Morgan fingerprint density at radius 1 is 1.38 bits per heavy atom. The summed E-state index contributed by atoms with van der Waals surface area (Å²) in [5.74, 6) is -0.242. The Kier molecular flexibility index (Phi) is 1.81. The van der Waals surface area contributed by atoms with E-state index in [-0.39, 0.29) is 11.3 Å². The van der Waals surface area contributed by atoms with Crippen LogP contribution in [0.15, 0.2) is 24.7 Å². The molecule has 0 N–H and O–H groups in total. The van der Waals surface area contributed by atoms with Gasteiger partial charge in [0.05, 0.1) is 7.11 Å². The predicted octanol–water partition coefficient (Wildman–Crippen LogP) is 1.78. The van der Waals surface area contributed by atoms with Gasteiger partial charge in [0, 0.05) is 11.6 Å². The molecule has 0 aliphatic rings. The molecule has 0 fully saturated rings. The molecule has 0 amide bonds. The van der Waals surface area contributed by atoms with E-state index >= 15 is 0 Å². The van der Waals surface area contributed by atoms with E-state index in [0.717, 1.165) is 0 Å². The number of ether oxygens (including phenoxy) is 1. The minimum atomic E-state index is -0.442. The van der Waals surface area contributed by atoms with Crippen LogP contribution in [0.5, 0.6) is 5.75 Å².